The van der Waals surface area contributed by atoms with Crippen LogP contribution in [0.3, 0.4) is 0 Å². The van der Waals surface area contributed by atoms with Crippen LogP contribution in [0.5, 0.6) is 0 Å². The number of nitrogens with one attached hydrogen (secondary N) is 2. The molecule has 0 aromatic rings. The van der Waals surface area contributed by atoms with Gasteiger partial charge in [-0.1, -0.05) is 13.8 Å². The van der Waals surface area contributed by atoms with Crippen LogP contribution >= 0.6 is 0 Å². The van der Waals surface area contributed by atoms with Gasteiger partial charge in [0.1, 0.15) is 0 Å². The van der Waals surface area contributed by atoms with Crippen LogP contribution in [-0.2, 0) is 0 Å². The molecule has 2 aliphatic rings. The van der Waals surface area contributed by atoms with Crippen LogP contribution < -0.4 is 10.6 Å². The Balaban J connectivity index is 1.57. The normalized spacial score (nSPS) is 43.8. The minimum atomic E-state index is 0.865. The Bertz CT molecular complexity index is 169. The predicted molar refractivity (Wildman–Crippen MR) is 55.7 cm³/mol. The molecule has 2 fully saturated rings. The summed E-state index contributed by atoms with van der Waals surface area (Å²) in [5, 5.41) is 7.05. The fraction of sp³-hybridized carbons (Fsp3) is 1.00. The average molecular weight is 182 g/mol. The third-order valence-corrected chi connectivity index (χ3v) is 3.77. The van der Waals surface area contributed by atoms with Crippen LogP contribution in [-0.4, -0.2) is 26.2 Å². The second-order valence-corrected chi connectivity index (χ2v) is 5.03. The molecular weight excluding hydrogens is 160 g/mol. The van der Waals surface area contributed by atoms with Crippen LogP contribution in [0.15, 0.2) is 0 Å². The highest BCUT2D eigenvalue weighted by Gasteiger charge is 2.32. The Kier molecular flexibility index (Phi) is 2.89. The van der Waals surface area contributed by atoms with Gasteiger partial charge in [0.25, 0.3) is 0 Å². The summed E-state index contributed by atoms with van der Waals surface area (Å²) >= 11 is 0. The van der Waals surface area contributed by atoms with Crippen molar-refractivity contribution in [3.05, 3.63) is 0 Å². The van der Waals surface area contributed by atoms with Crippen molar-refractivity contribution in [3.63, 3.8) is 0 Å². The topological polar surface area (TPSA) is 24.1 Å². The van der Waals surface area contributed by atoms with Crippen molar-refractivity contribution < 1.29 is 0 Å². The Morgan fingerprint density at radius 3 is 2.31 bits per heavy atom. The van der Waals surface area contributed by atoms with Gasteiger partial charge >= 0.3 is 0 Å². The first-order valence-corrected chi connectivity index (χ1v) is 5.69. The highest BCUT2D eigenvalue weighted by Crippen LogP contribution is 2.36. The van der Waals surface area contributed by atoms with Crippen LogP contribution in [0.4, 0.5) is 0 Å². The second-order valence-electron chi connectivity index (χ2n) is 5.03. The summed E-state index contributed by atoms with van der Waals surface area (Å²) in [5.74, 6) is 3.72. The van der Waals surface area contributed by atoms with Gasteiger partial charge in [0, 0.05) is 0 Å². The summed E-state index contributed by atoms with van der Waals surface area (Å²) in [4.78, 5) is 0. The molecule has 1 saturated carbocycles. The molecule has 1 heterocycles. The van der Waals surface area contributed by atoms with Gasteiger partial charge in [0.05, 0.1) is 0 Å². The molecule has 2 nitrogen and oxygen atoms in total. The van der Waals surface area contributed by atoms with Gasteiger partial charge in [0.2, 0.25) is 0 Å². The number of hydrogen-bond donors (Lipinski definition) is 2. The molecule has 2 heteroatoms. The van der Waals surface area contributed by atoms with Crippen LogP contribution in [0.25, 0.3) is 0 Å². The zero-order chi connectivity index (χ0) is 9.26. The lowest BCUT2D eigenvalue weighted by molar-refractivity contribution is 0.415. The van der Waals surface area contributed by atoms with E-state index in [1.807, 2.05) is 0 Å². The van der Waals surface area contributed by atoms with E-state index >= 15 is 0 Å². The van der Waals surface area contributed by atoms with Crippen molar-refractivity contribution in [2.75, 3.05) is 26.2 Å². The molecule has 76 valence electrons. The molecule has 0 spiro atoms. The van der Waals surface area contributed by atoms with E-state index in [-0.39, 0.29) is 0 Å². The van der Waals surface area contributed by atoms with Crippen molar-refractivity contribution in [1.82, 2.24) is 10.6 Å². The van der Waals surface area contributed by atoms with E-state index in [1.165, 1.54) is 32.6 Å². The lowest BCUT2D eigenvalue weighted by Gasteiger charge is -2.14. The summed E-state index contributed by atoms with van der Waals surface area (Å²) in [6.45, 7) is 9.61. The van der Waals surface area contributed by atoms with E-state index in [0.717, 1.165) is 23.7 Å². The van der Waals surface area contributed by atoms with E-state index < -0.39 is 0 Å². The molecule has 0 bridgehead atoms. The molecule has 1 aliphatic carbocycles. The quantitative estimate of drug-likeness (QED) is 0.680. The lowest BCUT2D eigenvalue weighted by atomic mass is 9.98. The van der Waals surface area contributed by atoms with E-state index in [2.05, 4.69) is 24.5 Å². The van der Waals surface area contributed by atoms with Gasteiger partial charge in [0.15, 0.2) is 0 Å². The first-order valence-electron chi connectivity index (χ1n) is 5.69. The molecule has 4 atom stereocenters. The molecule has 4 unspecified atom stereocenters. The zero-order valence-electron chi connectivity index (χ0n) is 8.84. The molecule has 1 saturated heterocycles. The van der Waals surface area contributed by atoms with Gasteiger partial charge in [-0.15, -0.1) is 0 Å². The Morgan fingerprint density at radius 1 is 1.08 bits per heavy atom. The van der Waals surface area contributed by atoms with E-state index in [4.69, 9.17) is 0 Å². The highest BCUT2D eigenvalue weighted by atomic mass is 15.0. The minimum absolute atomic E-state index is 0.865. The van der Waals surface area contributed by atoms with Crippen LogP contribution in [0.2, 0.25) is 0 Å². The van der Waals surface area contributed by atoms with Crippen molar-refractivity contribution in [2.45, 2.75) is 20.3 Å². The van der Waals surface area contributed by atoms with Crippen molar-refractivity contribution in [3.8, 4) is 0 Å². The van der Waals surface area contributed by atoms with E-state index in [0.29, 0.717) is 0 Å². The first-order chi connectivity index (χ1) is 6.27. The van der Waals surface area contributed by atoms with Crippen molar-refractivity contribution >= 4 is 0 Å². The monoisotopic (exact) mass is 182 g/mol. The average Bonchev–Trinajstić information content (AvgIpc) is 2.63. The highest BCUT2D eigenvalue weighted by molar-refractivity contribution is 4.85. The summed E-state index contributed by atoms with van der Waals surface area (Å²) in [5.41, 5.74) is 0. The van der Waals surface area contributed by atoms with Gasteiger partial charge < -0.3 is 10.6 Å². The standard InChI is InChI=1S/C11H22N2/c1-8-3-10(8)5-13-7-11-6-12-4-9(11)2/h8-13H,3-7H2,1-2H3. The van der Waals surface area contributed by atoms with Gasteiger partial charge in [-0.05, 0) is 56.3 Å². The smallest absolute Gasteiger partial charge is 0.000523 e. The third kappa shape index (κ3) is 2.44. The molecule has 2 rings (SSSR count). The summed E-state index contributed by atoms with van der Waals surface area (Å²) < 4.78 is 0. The second kappa shape index (κ2) is 3.97. The lowest BCUT2D eigenvalue weighted by Crippen LogP contribution is -2.28. The Morgan fingerprint density at radius 2 is 1.77 bits per heavy atom. The molecule has 0 aromatic carbocycles. The summed E-state index contributed by atoms with van der Waals surface area (Å²) in [6.07, 6.45) is 1.45. The van der Waals surface area contributed by atoms with Crippen molar-refractivity contribution in [1.29, 1.82) is 0 Å². The summed E-state index contributed by atoms with van der Waals surface area (Å²) in [7, 11) is 0. The van der Waals surface area contributed by atoms with Gasteiger partial charge in [-0.3, -0.25) is 0 Å². The molecule has 0 amide bonds. The minimum Gasteiger partial charge on any atom is -0.316 e. The van der Waals surface area contributed by atoms with Crippen molar-refractivity contribution in [2.24, 2.45) is 23.7 Å². The van der Waals surface area contributed by atoms with Crippen LogP contribution in [0, 0.1) is 23.7 Å². The third-order valence-electron chi connectivity index (χ3n) is 3.77. The maximum Gasteiger partial charge on any atom is -0.000523 e. The van der Waals surface area contributed by atoms with Gasteiger partial charge in [-0.25, -0.2) is 0 Å². The fourth-order valence-electron chi connectivity index (χ4n) is 2.28. The van der Waals surface area contributed by atoms with E-state index in [9.17, 15) is 0 Å². The SMILES string of the molecule is CC1CNCC1CNCC1CC1C. The van der Waals surface area contributed by atoms with Crippen LogP contribution in [0.1, 0.15) is 20.3 Å². The molecule has 0 aromatic heterocycles. The Labute approximate surface area is 81.5 Å². The molecule has 0 radical (unpaired) electrons. The number of hydrogen-bond acceptors (Lipinski definition) is 2. The largest absolute Gasteiger partial charge is 0.316 e. The maximum atomic E-state index is 3.61. The number of rotatable bonds is 4. The zero-order valence-corrected chi connectivity index (χ0v) is 8.84. The molecule has 1 aliphatic heterocycles. The van der Waals surface area contributed by atoms with E-state index in [1.54, 1.807) is 0 Å². The molecular formula is C11H22N2. The predicted octanol–water partition coefficient (Wildman–Crippen LogP) is 1.09. The maximum absolute atomic E-state index is 3.61. The first kappa shape index (κ1) is 9.47. The van der Waals surface area contributed by atoms with Gasteiger partial charge in [-0.2, -0.15) is 0 Å². The fourth-order valence-corrected chi connectivity index (χ4v) is 2.28. The molecule has 13 heavy (non-hydrogen) atoms. The molecule has 2 N–H and O–H groups in total. The summed E-state index contributed by atoms with van der Waals surface area (Å²) in [6, 6.07) is 0. The Hall–Kier alpha value is -0.0800.